The monoisotopic (exact) mass is 387 g/mol. The van der Waals surface area contributed by atoms with Crippen molar-refractivity contribution in [2.75, 3.05) is 19.0 Å². The molecule has 1 aliphatic rings. The maximum atomic E-state index is 13.5. The molecule has 2 atom stereocenters. The minimum Gasteiger partial charge on any atom is -0.496 e. The number of aliphatic hydroxyl groups excluding tert-OH is 1. The number of hydrogen-bond acceptors (Lipinski definition) is 5. The van der Waals surface area contributed by atoms with Gasteiger partial charge in [-0.15, -0.1) is 3.89 Å². The van der Waals surface area contributed by atoms with Gasteiger partial charge in [0.25, 0.3) is 0 Å². The third kappa shape index (κ3) is 3.26. The average Bonchev–Trinajstić information content (AvgIpc) is 3.41. The Morgan fingerprint density at radius 1 is 1.37 bits per heavy atom. The number of rotatable bonds is 6. The summed E-state index contributed by atoms with van der Waals surface area (Å²) >= 11 is 0.0451. The molecule has 8 heteroatoms. The molecule has 1 amide bonds. The van der Waals surface area contributed by atoms with Gasteiger partial charge < -0.3 is 15.2 Å². The van der Waals surface area contributed by atoms with E-state index >= 15 is 0 Å². The van der Waals surface area contributed by atoms with Crippen LogP contribution in [-0.4, -0.2) is 33.7 Å². The van der Waals surface area contributed by atoms with Crippen LogP contribution in [0.25, 0.3) is 22.2 Å². The molecule has 1 saturated carbocycles. The van der Waals surface area contributed by atoms with Crippen LogP contribution in [0.1, 0.15) is 6.42 Å². The first-order valence-electron chi connectivity index (χ1n) is 8.52. The standard InChI is InChI=1S/C19H18FN3O3S/c1-26-16-5-3-2-4-12(16)15-9-23(27-20)18-13(15)6-7-17(21-18)22-19(25)14-8-11(14)10-24/h2-7,9,11,14,24H,8,10H2,1H3,(H,21,22,25). The van der Waals surface area contributed by atoms with Crippen molar-refractivity contribution in [2.45, 2.75) is 6.42 Å². The van der Waals surface area contributed by atoms with Crippen LogP contribution in [0.3, 0.4) is 0 Å². The molecule has 2 aromatic heterocycles. The number of halogens is 1. The first-order valence-corrected chi connectivity index (χ1v) is 9.20. The summed E-state index contributed by atoms with van der Waals surface area (Å²) in [5.41, 5.74) is 2.04. The van der Waals surface area contributed by atoms with Crippen LogP contribution in [0.5, 0.6) is 5.75 Å². The highest BCUT2D eigenvalue weighted by molar-refractivity contribution is 7.92. The van der Waals surface area contributed by atoms with Crippen LogP contribution < -0.4 is 10.1 Å². The molecular weight excluding hydrogens is 369 g/mol. The van der Waals surface area contributed by atoms with Crippen LogP contribution in [-0.2, 0) is 4.79 Å². The number of aliphatic hydroxyl groups is 1. The lowest BCUT2D eigenvalue weighted by molar-refractivity contribution is -0.117. The van der Waals surface area contributed by atoms with E-state index in [2.05, 4.69) is 10.3 Å². The van der Waals surface area contributed by atoms with E-state index in [1.807, 2.05) is 30.3 Å². The predicted octanol–water partition coefficient (Wildman–Crippen LogP) is 3.66. The molecular formula is C19H18FN3O3S. The van der Waals surface area contributed by atoms with E-state index in [4.69, 9.17) is 9.84 Å². The van der Waals surface area contributed by atoms with Crippen LogP contribution in [0.2, 0.25) is 0 Å². The highest BCUT2D eigenvalue weighted by atomic mass is 32.2. The molecule has 2 N–H and O–H groups in total. The van der Waals surface area contributed by atoms with Crippen LogP contribution >= 0.6 is 12.3 Å². The maximum absolute atomic E-state index is 13.5. The Bertz CT molecular complexity index is 1010. The number of benzene rings is 1. The van der Waals surface area contributed by atoms with Crippen molar-refractivity contribution >= 4 is 35.1 Å². The lowest BCUT2D eigenvalue weighted by Gasteiger charge is -2.07. The topological polar surface area (TPSA) is 76.4 Å². The quantitative estimate of drug-likeness (QED) is 0.675. The van der Waals surface area contributed by atoms with E-state index in [1.54, 1.807) is 19.4 Å². The van der Waals surface area contributed by atoms with Gasteiger partial charge in [-0.2, -0.15) is 0 Å². The number of anilines is 1. The molecule has 3 aromatic rings. The van der Waals surface area contributed by atoms with E-state index in [-0.39, 0.29) is 36.7 Å². The van der Waals surface area contributed by atoms with Crippen molar-refractivity contribution < 1.29 is 18.5 Å². The summed E-state index contributed by atoms with van der Waals surface area (Å²) in [4.78, 5) is 16.6. The van der Waals surface area contributed by atoms with Gasteiger partial charge >= 0.3 is 0 Å². The van der Waals surface area contributed by atoms with Crippen molar-refractivity contribution in [3.8, 4) is 16.9 Å². The van der Waals surface area contributed by atoms with Gasteiger partial charge in [-0.25, -0.2) is 8.96 Å². The first kappa shape index (κ1) is 17.8. The Labute approximate surface area is 159 Å². The highest BCUT2D eigenvalue weighted by Crippen LogP contribution is 2.40. The number of aromatic nitrogens is 2. The molecule has 2 heterocycles. The van der Waals surface area contributed by atoms with Gasteiger partial charge in [-0.1, -0.05) is 18.2 Å². The number of para-hydroxylation sites is 1. The molecule has 27 heavy (non-hydrogen) atoms. The summed E-state index contributed by atoms with van der Waals surface area (Å²) in [6, 6.07) is 11.0. The summed E-state index contributed by atoms with van der Waals surface area (Å²) in [6.07, 6.45) is 2.34. The molecule has 0 aliphatic heterocycles. The summed E-state index contributed by atoms with van der Waals surface area (Å²) in [7, 11) is 1.59. The van der Waals surface area contributed by atoms with Gasteiger partial charge in [0.2, 0.25) is 5.91 Å². The van der Waals surface area contributed by atoms with Crippen molar-refractivity contribution in [1.29, 1.82) is 0 Å². The second-order valence-electron chi connectivity index (χ2n) is 6.48. The molecule has 0 bridgehead atoms. The number of nitrogens with one attached hydrogen (secondary N) is 1. The van der Waals surface area contributed by atoms with Crippen molar-refractivity contribution in [2.24, 2.45) is 11.8 Å². The van der Waals surface area contributed by atoms with Gasteiger partial charge in [0, 0.05) is 35.2 Å². The Morgan fingerprint density at radius 3 is 2.89 bits per heavy atom. The summed E-state index contributed by atoms with van der Waals surface area (Å²) in [6.45, 7) is 0.00810. The summed E-state index contributed by atoms with van der Waals surface area (Å²) < 4.78 is 20.2. The van der Waals surface area contributed by atoms with Crippen LogP contribution in [0, 0.1) is 11.8 Å². The lowest BCUT2D eigenvalue weighted by Crippen LogP contribution is -2.16. The zero-order valence-corrected chi connectivity index (χ0v) is 15.4. The Balaban J connectivity index is 1.71. The Kier molecular flexibility index (Phi) is 4.75. The van der Waals surface area contributed by atoms with E-state index in [0.717, 1.165) is 16.5 Å². The zero-order chi connectivity index (χ0) is 19.0. The Hall–Kier alpha value is -2.58. The number of methoxy groups -OCH3 is 1. The number of amides is 1. The van der Waals surface area contributed by atoms with Gasteiger partial charge in [-0.05, 0) is 30.5 Å². The number of ether oxygens (including phenoxy) is 1. The summed E-state index contributed by atoms with van der Waals surface area (Å²) in [5, 5.41) is 12.6. The minimum absolute atomic E-state index is 0.00810. The van der Waals surface area contributed by atoms with Gasteiger partial charge in [-0.3, -0.25) is 4.79 Å². The fourth-order valence-electron chi connectivity index (χ4n) is 3.27. The smallest absolute Gasteiger partial charge is 0.229 e. The summed E-state index contributed by atoms with van der Waals surface area (Å²) in [5.74, 6) is 0.713. The molecule has 140 valence electrons. The van der Waals surface area contributed by atoms with Crippen molar-refractivity contribution in [3.05, 3.63) is 42.6 Å². The number of hydrogen-bond donors (Lipinski definition) is 2. The largest absolute Gasteiger partial charge is 0.496 e. The fraction of sp³-hybridized carbons (Fsp3) is 0.263. The highest BCUT2D eigenvalue weighted by Gasteiger charge is 2.42. The van der Waals surface area contributed by atoms with E-state index < -0.39 is 0 Å². The SMILES string of the molecule is COc1ccccc1-c1cn(SF)c2nc(NC(=O)C3CC3CO)ccc12. The fourth-order valence-corrected chi connectivity index (χ4v) is 3.62. The number of carbonyl (C=O) groups excluding carboxylic acids is 1. The van der Waals surface area contributed by atoms with Gasteiger partial charge in [0.1, 0.15) is 11.6 Å². The number of carbonyl (C=O) groups is 1. The Morgan fingerprint density at radius 2 is 2.19 bits per heavy atom. The first-order chi connectivity index (χ1) is 13.2. The molecule has 1 aliphatic carbocycles. The molecule has 0 radical (unpaired) electrons. The van der Waals surface area contributed by atoms with E-state index in [0.29, 0.717) is 23.6 Å². The van der Waals surface area contributed by atoms with E-state index in [9.17, 15) is 8.68 Å². The van der Waals surface area contributed by atoms with Gasteiger partial charge in [0.05, 0.1) is 7.11 Å². The zero-order valence-electron chi connectivity index (χ0n) is 14.6. The van der Waals surface area contributed by atoms with Gasteiger partial charge in [0.15, 0.2) is 18.0 Å². The van der Waals surface area contributed by atoms with Crippen molar-refractivity contribution in [3.63, 3.8) is 0 Å². The molecule has 1 fully saturated rings. The molecule has 1 aromatic carbocycles. The number of pyridine rings is 1. The second kappa shape index (κ2) is 7.21. The second-order valence-corrected chi connectivity index (χ2v) is 7.01. The molecule has 6 nitrogen and oxygen atoms in total. The third-order valence-electron chi connectivity index (χ3n) is 4.84. The molecule has 0 spiro atoms. The average molecular weight is 387 g/mol. The molecule has 0 saturated heterocycles. The molecule has 2 unspecified atom stereocenters. The number of nitrogens with zero attached hydrogens (tertiary/aromatic N) is 2. The van der Waals surface area contributed by atoms with E-state index in [1.165, 1.54) is 3.97 Å². The lowest BCUT2D eigenvalue weighted by atomic mass is 10.0. The van der Waals surface area contributed by atoms with Crippen molar-refractivity contribution in [1.82, 2.24) is 8.96 Å². The number of fused-ring (bicyclic) bond motifs is 1. The normalized spacial score (nSPS) is 18.5. The third-order valence-corrected chi connectivity index (χ3v) is 5.26. The minimum atomic E-state index is -0.182. The predicted molar refractivity (Wildman–Crippen MR) is 103 cm³/mol. The van der Waals surface area contributed by atoms with Crippen LogP contribution in [0.4, 0.5) is 9.70 Å². The van der Waals surface area contributed by atoms with Crippen LogP contribution in [0.15, 0.2) is 42.6 Å². The molecule has 4 rings (SSSR count). The maximum Gasteiger partial charge on any atom is 0.229 e.